The first-order valence-electron chi connectivity index (χ1n) is 11.9. The van der Waals surface area contributed by atoms with E-state index in [1.807, 2.05) is 25.4 Å². The number of carbonyl (C=O) groups is 1. The van der Waals surface area contributed by atoms with Crippen molar-refractivity contribution in [3.05, 3.63) is 59.9 Å². The Hall–Kier alpha value is -3.26. The summed E-state index contributed by atoms with van der Waals surface area (Å²) in [7, 11) is 2.16. The van der Waals surface area contributed by atoms with Crippen LogP contribution in [0.25, 0.3) is 16.8 Å². The summed E-state index contributed by atoms with van der Waals surface area (Å²) in [5.74, 6) is -0.316. The van der Waals surface area contributed by atoms with E-state index < -0.39 is 5.82 Å². The smallest absolute Gasteiger partial charge is 0.254 e. The van der Waals surface area contributed by atoms with E-state index in [0.29, 0.717) is 12.0 Å². The number of aryl methyl sites for hydroxylation is 1. The number of anilines is 1. The highest BCUT2D eigenvalue weighted by Gasteiger charge is 2.26. The molecular weight excluding hydrogens is 431 g/mol. The minimum Gasteiger partial charge on any atom is -0.381 e. The lowest BCUT2D eigenvalue weighted by molar-refractivity contribution is 0.0947. The number of nitrogens with zero attached hydrogens (tertiary/aromatic N) is 4. The Morgan fingerprint density at radius 1 is 1.15 bits per heavy atom. The Morgan fingerprint density at radius 3 is 2.74 bits per heavy atom. The van der Waals surface area contributed by atoms with Crippen molar-refractivity contribution < 1.29 is 9.18 Å². The van der Waals surface area contributed by atoms with Gasteiger partial charge in [0, 0.05) is 30.4 Å². The van der Waals surface area contributed by atoms with Crippen molar-refractivity contribution >= 4 is 11.6 Å². The Labute approximate surface area is 199 Å². The van der Waals surface area contributed by atoms with E-state index in [2.05, 4.69) is 39.6 Å². The van der Waals surface area contributed by atoms with E-state index in [1.165, 1.54) is 6.07 Å². The molecule has 178 valence electrons. The lowest BCUT2D eigenvalue weighted by atomic mass is 9.94. The normalized spacial score (nSPS) is 20.8. The van der Waals surface area contributed by atoms with Gasteiger partial charge in [-0.2, -0.15) is 5.10 Å². The molecule has 1 aliphatic heterocycles. The van der Waals surface area contributed by atoms with Crippen molar-refractivity contribution in [1.29, 1.82) is 0 Å². The van der Waals surface area contributed by atoms with E-state index in [4.69, 9.17) is 0 Å². The number of benzene rings is 1. The van der Waals surface area contributed by atoms with Crippen LogP contribution in [-0.4, -0.2) is 57.8 Å². The van der Waals surface area contributed by atoms with E-state index >= 15 is 0 Å². The second kappa shape index (κ2) is 9.18. The van der Waals surface area contributed by atoms with Gasteiger partial charge in [0.25, 0.3) is 5.91 Å². The monoisotopic (exact) mass is 462 g/mol. The third kappa shape index (κ3) is 4.82. The predicted octanol–water partition coefficient (Wildman–Crippen LogP) is 4.03. The van der Waals surface area contributed by atoms with E-state index in [0.717, 1.165) is 60.4 Å². The number of amides is 1. The summed E-state index contributed by atoms with van der Waals surface area (Å²) in [6, 6.07) is 5.67. The van der Waals surface area contributed by atoms with Crippen molar-refractivity contribution in [3.8, 4) is 16.8 Å². The van der Waals surface area contributed by atoms with Crippen LogP contribution in [0.5, 0.6) is 0 Å². The van der Waals surface area contributed by atoms with Crippen LogP contribution in [0, 0.1) is 18.7 Å². The van der Waals surface area contributed by atoms with Crippen molar-refractivity contribution in [2.45, 2.75) is 45.2 Å². The van der Waals surface area contributed by atoms with Crippen molar-refractivity contribution in [1.82, 2.24) is 25.0 Å². The number of carbonyl (C=O) groups excluding carboxylic acids is 1. The van der Waals surface area contributed by atoms with Crippen molar-refractivity contribution in [2.24, 2.45) is 5.92 Å². The third-order valence-corrected chi connectivity index (χ3v) is 6.81. The SMILES string of the molecule is Cc1cc(F)c(C(=O)NC2CC2)cc1-c1cnn(-c2cncc(N[C@@H]3CCN(C)C[C@@H]3C)c2)c1. The number of piperidine rings is 1. The largest absolute Gasteiger partial charge is 0.381 e. The van der Waals surface area contributed by atoms with Crippen LogP contribution in [-0.2, 0) is 0 Å². The van der Waals surface area contributed by atoms with Gasteiger partial charge >= 0.3 is 0 Å². The van der Waals surface area contributed by atoms with Crippen molar-refractivity contribution in [3.63, 3.8) is 0 Å². The summed E-state index contributed by atoms with van der Waals surface area (Å²) in [4.78, 5) is 19.3. The number of hydrogen-bond acceptors (Lipinski definition) is 5. The third-order valence-electron chi connectivity index (χ3n) is 6.81. The van der Waals surface area contributed by atoms with Gasteiger partial charge in [0.05, 0.1) is 35.5 Å². The van der Waals surface area contributed by atoms with Gasteiger partial charge in [-0.25, -0.2) is 9.07 Å². The molecule has 2 N–H and O–H groups in total. The number of halogens is 1. The van der Waals surface area contributed by atoms with E-state index in [9.17, 15) is 9.18 Å². The maximum atomic E-state index is 14.5. The highest BCUT2D eigenvalue weighted by molar-refractivity contribution is 5.96. The molecule has 1 aliphatic carbocycles. The van der Waals surface area contributed by atoms with Crippen LogP contribution in [0.1, 0.15) is 42.1 Å². The summed E-state index contributed by atoms with van der Waals surface area (Å²) in [5.41, 5.74) is 4.23. The first-order valence-corrected chi connectivity index (χ1v) is 11.9. The minimum absolute atomic E-state index is 0.0698. The maximum Gasteiger partial charge on any atom is 0.254 e. The van der Waals surface area contributed by atoms with Crippen molar-refractivity contribution in [2.75, 3.05) is 25.5 Å². The molecule has 0 spiro atoms. The van der Waals surface area contributed by atoms with E-state index in [-0.39, 0.29) is 17.5 Å². The Bertz CT molecular complexity index is 1200. The van der Waals surface area contributed by atoms with Gasteiger partial charge in [-0.15, -0.1) is 0 Å². The molecule has 34 heavy (non-hydrogen) atoms. The molecule has 1 amide bonds. The molecule has 3 heterocycles. The van der Waals surface area contributed by atoms with Crippen LogP contribution in [0.15, 0.2) is 43.0 Å². The lowest BCUT2D eigenvalue weighted by Gasteiger charge is -2.35. The second-order valence-corrected chi connectivity index (χ2v) is 9.78. The number of pyridine rings is 1. The average Bonchev–Trinajstić information content (AvgIpc) is 3.48. The topological polar surface area (TPSA) is 75.1 Å². The molecule has 1 aromatic carbocycles. The molecule has 0 unspecified atom stereocenters. The highest BCUT2D eigenvalue weighted by atomic mass is 19.1. The number of nitrogens with one attached hydrogen (secondary N) is 2. The molecule has 2 atom stereocenters. The molecule has 0 bridgehead atoms. The molecule has 1 saturated heterocycles. The predicted molar refractivity (Wildman–Crippen MR) is 131 cm³/mol. The molecule has 1 saturated carbocycles. The van der Waals surface area contributed by atoms with Crippen LogP contribution in [0.3, 0.4) is 0 Å². The molecule has 3 aromatic rings. The Balaban J connectivity index is 1.37. The van der Waals surface area contributed by atoms with Gasteiger partial charge < -0.3 is 15.5 Å². The lowest BCUT2D eigenvalue weighted by Crippen LogP contribution is -2.43. The summed E-state index contributed by atoms with van der Waals surface area (Å²) in [5, 5.41) is 11.0. The minimum atomic E-state index is -0.502. The molecule has 2 aliphatic rings. The van der Waals surface area contributed by atoms with Gasteiger partial charge in [-0.05, 0) is 75.0 Å². The average molecular weight is 463 g/mol. The Kier molecular flexibility index (Phi) is 6.08. The Morgan fingerprint density at radius 2 is 1.97 bits per heavy atom. The number of likely N-dealkylation sites (tertiary alicyclic amines) is 1. The second-order valence-electron chi connectivity index (χ2n) is 9.78. The fourth-order valence-corrected chi connectivity index (χ4v) is 4.67. The molecular formula is C26H31FN6O. The van der Waals surface area contributed by atoms with Crippen LogP contribution < -0.4 is 10.6 Å². The molecule has 2 fully saturated rings. The number of aromatic nitrogens is 3. The van der Waals surface area contributed by atoms with Gasteiger partial charge in [-0.3, -0.25) is 9.78 Å². The summed E-state index contributed by atoms with van der Waals surface area (Å²) >= 11 is 0. The van der Waals surface area contributed by atoms with Gasteiger partial charge in [-0.1, -0.05) is 6.92 Å². The summed E-state index contributed by atoms with van der Waals surface area (Å²) in [6.07, 6.45) is 10.2. The molecule has 8 heteroatoms. The zero-order valence-electron chi connectivity index (χ0n) is 19.9. The number of hydrogen-bond donors (Lipinski definition) is 2. The first kappa shape index (κ1) is 22.5. The van der Waals surface area contributed by atoms with Crippen LogP contribution in [0.4, 0.5) is 10.1 Å². The zero-order chi connectivity index (χ0) is 23.8. The maximum absolute atomic E-state index is 14.5. The van der Waals surface area contributed by atoms with Crippen LogP contribution in [0.2, 0.25) is 0 Å². The zero-order valence-corrected chi connectivity index (χ0v) is 19.9. The molecule has 2 aromatic heterocycles. The highest BCUT2D eigenvalue weighted by Crippen LogP contribution is 2.28. The molecule has 7 nitrogen and oxygen atoms in total. The standard InChI is InChI=1S/C26H31FN6O/c1-16-8-24(27)23(26(34)31-19-4-5-19)10-22(16)18-11-29-33(15-18)21-9-20(12-28-13-21)30-25-6-7-32(3)14-17(25)2/h8-13,15,17,19,25,30H,4-7,14H2,1-3H3,(H,31,34)/t17-,25+/m0/s1. The molecule has 0 radical (unpaired) electrons. The summed E-state index contributed by atoms with van der Waals surface area (Å²) < 4.78 is 16.3. The van der Waals surface area contributed by atoms with Gasteiger partial charge in [0.1, 0.15) is 5.82 Å². The van der Waals surface area contributed by atoms with E-state index in [1.54, 1.807) is 23.1 Å². The van der Waals surface area contributed by atoms with Gasteiger partial charge in [0.15, 0.2) is 0 Å². The van der Waals surface area contributed by atoms with Crippen LogP contribution >= 0.6 is 0 Å². The fourth-order valence-electron chi connectivity index (χ4n) is 4.67. The first-order chi connectivity index (χ1) is 16.4. The molecule has 5 rings (SSSR count). The summed E-state index contributed by atoms with van der Waals surface area (Å²) in [6.45, 7) is 6.27. The fraction of sp³-hybridized carbons (Fsp3) is 0.423. The quantitative estimate of drug-likeness (QED) is 0.579. The number of rotatable bonds is 6. The van der Waals surface area contributed by atoms with Gasteiger partial charge in [0.2, 0.25) is 0 Å².